The van der Waals surface area contributed by atoms with Crippen molar-refractivity contribution in [1.29, 1.82) is 0 Å². The summed E-state index contributed by atoms with van der Waals surface area (Å²) in [4.78, 5) is 14.5. The average molecular weight is 240 g/mol. The molecule has 6 heteroatoms. The summed E-state index contributed by atoms with van der Waals surface area (Å²) in [6.45, 7) is 0.129. The van der Waals surface area contributed by atoms with Crippen LogP contribution in [0, 0.1) is 5.92 Å². The topological polar surface area (TPSA) is 95.6 Å². The van der Waals surface area contributed by atoms with Gasteiger partial charge in [0.1, 0.15) is 6.26 Å². The highest BCUT2D eigenvalue weighted by atomic mass is 16.4. The first-order valence-electron chi connectivity index (χ1n) is 5.77. The number of nitrogens with one attached hydrogen (secondary N) is 1. The summed E-state index contributed by atoms with van der Waals surface area (Å²) in [5.41, 5.74) is -0.108. The van der Waals surface area contributed by atoms with Gasteiger partial charge in [0, 0.05) is 18.6 Å². The summed E-state index contributed by atoms with van der Waals surface area (Å²) < 4.78 is 5.04. The number of aliphatic hydroxyl groups is 1. The van der Waals surface area contributed by atoms with Crippen LogP contribution in [0.3, 0.4) is 0 Å². The zero-order valence-corrected chi connectivity index (χ0v) is 9.43. The minimum Gasteiger partial charge on any atom is -0.476 e. The highest BCUT2D eigenvalue weighted by Crippen LogP contribution is 2.26. The van der Waals surface area contributed by atoms with Crippen molar-refractivity contribution in [3.05, 3.63) is 12.0 Å². The van der Waals surface area contributed by atoms with Gasteiger partial charge in [-0.05, 0) is 12.8 Å². The fraction of sp³-hybridized carbons (Fsp3) is 0.636. The summed E-state index contributed by atoms with van der Waals surface area (Å²) in [6.07, 6.45) is 5.24. The Hall–Kier alpha value is -1.56. The predicted molar refractivity (Wildman–Crippen MR) is 59.9 cm³/mol. The monoisotopic (exact) mass is 240 g/mol. The third-order valence-corrected chi connectivity index (χ3v) is 3.18. The summed E-state index contributed by atoms with van der Waals surface area (Å²) in [5.74, 6) is -0.923. The number of aliphatic hydroxyl groups excluding tert-OH is 1. The van der Waals surface area contributed by atoms with Gasteiger partial charge in [-0.15, -0.1) is 0 Å². The van der Waals surface area contributed by atoms with Crippen LogP contribution in [0.15, 0.2) is 10.7 Å². The van der Waals surface area contributed by atoms with Gasteiger partial charge in [-0.2, -0.15) is 4.98 Å². The Bertz CT molecular complexity index is 391. The van der Waals surface area contributed by atoms with Crippen LogP contribution in [0.1, 0.15) is 36.2 Å². The van der Waals surface area contributed by atoms with Crippen LogP contribution in [0.5, 0.6) is 0 Å². The van der Waals surface area contributed by atoms with E-state index in [2.05, 4.69) is 10.3 Å². The van der Waals surface area contributed by atoms with E-state index in [9.17, 15) is 9.90 Å². The molecule has 0 bridgehead atoms. The molecule has 3 N–H and O–H groups in total. The maximum absolute atomic E-state index is 10.6. The largest absolute Gasteiger partial charge is 0.476 e. The molecule has 0 aromatic carbocycles. The number of aromatic carboxylic acids is 1. The molecule has 0 amide bonds. The van der Waals surface area contributed by atoms with E-state index in [1.165, 1.54) is 0 Å². The zero-order chi connectivity index (χ0) is 12.3. The third kappa shape index (κ3) is 2.76. The van der Waals surface area contributed by atoms with Gasteiger partial charge in [-0.3, -0.25) is 0 Å². The Labute approximate surface area is 98.7 Å². The molecule has 0 radical (unpaired) electrons. The molecule has 1 heterocycles. The van der Waals surface area contributed by atoms with Crippen molar-refractivity contribution in [2.45, 2.75) is 31.7 Å². The molecule has 2 atom stereocenters. The minimum atomic E-state index is -1.11. The van der Waals surface area contributed by atoms with E-state index < -0.39 is 5.97 Å². The second-order valence-electron chi connectivity index (χ2n) is 4.32. The zero-order valence-electron chi connectivity index (χ0n) is 9.43. The number of rotatable bonds is 4. The molecule has 1 saturated carbocycles. The van der Waals surface area contributed by atoms with Crippen LogP contribution in [0.4, 0.5) is 6.01 Å². The van der Waals surface area contributed by atoms with Crippen molar-refractivity contribution in [3.63, 3.8) is 0 Å². The lowest BCUT2D eigenvalue weighted by atomic mass is 9.85. The van der Waals surface area contributed by atoms with E-state index in [4.69, 9.17) is 9.52 Å². The van der Waals surface area contributed by atoms with Gasteiger partial charge >= 0.3 is 5.97 Å². The van der Waals surface area contributed by atoms with Crippen LogP contribution in [0.2, 0.25) is 0 Å². The van der Waals surface area contributed by atoms with Crippen molar-refractivity contribution < 1.29 is 19.4 Å². The van der Waals surface area contributed by atoms with Gasteiger partial charge in [-0.25, -0.2) is 4.79 Å². The van der Waals surface area contributed by atoms with E-state index in [1.807, 2.05) is 0 Å². The van der Waals surface area contributed by atoms with Crippen molar-refractivity contribution in [2.75, 3.05) is 11.9 Å². The van der Waals surface area contributed by atoms with E-state index in [0.717, 1.165) is 31.9 Å². The van der Waals surface area contributed by atoms with E-state index in [0.29, 0.717) is 0 Å². The lowest BCUT2D eigenvalue weighted by Gasteiger charge is -2.30. The van der Waals surface area contributed by atoms with Crippen LogP contribution in [-0.2, 0) is 0 Å². The molecular formula is C11H16N2O4. The van der Waals surface area contributed by atoms with Gasteiger partial charge in [0.2, 0.25) is 0 Å². The number of nitrogens with zero attached hydrogens (tertiary/aromatic N) is 1. The molecule has 94 valence electrons. The van der Waals surface area contributed by atoms with Crippen LogP contribution >= 0.6 is 0 Å². The van der Waals surface area contributed by atoms with Gasteiger partial charge in [0.15, 0.2) is 5.69 Å². The first-order valence-corrected chi connectivity index (χ1v) is 5.77. The first kappa shape index (κ1) is 11.9. The van der Waals surface area contributed by atoms with E-state index in [1.54, 1.807) is 0 Å². The van der Waals surface area contributed by atoms with Gasteiger partial charge in [0.05, 0.1) is 0 Å². The smallest absolute Gasteiger partial charge is 0.357 e. The number of carboxylic acid groups (broad SMARTS) is 1. The number of anilines is 1. The number of hydrogen-bond donors (Lipinski definition) is 3. The molecular weight excluding hydrogens is 224 g/mol. The second kappa shape index (κ2) is 5.18. The Balaban J connectivity index is 2.00. The summed E-state index contributed by atoms with van der Waals surface area (Å²) in [6, 6.07) is 0.321. The van der Waals surface area contributed by atoms with E-state index in [-0.39, 0.29) is 30.3 Å². The van der Waals surface area contributed by atoms with Gasteiger partial charge in [0.25, 0.3) is 6.01 Å². The lowest BCUT2D eigenvalue weighted by Crippen LogP contribution is -2.34. The Morgan fingerprint density at radius 3 is 2.94 bits per heavy atom. The van der Waals surface area contributed by atoms with Crippen LogP contribution in [-0.4, -0.2) is 33.8 Å². The summed E-state index contributed by atoms with van der Waals surface area (Å²) >= 11 is 0. The van der Waals surface area contributed by atoms with Gasteiger partial charge in [-0.1, -0.05) is 12.8 Å². The Kier molecular flexibility index (Phi) is 3.63. The Morgan fingerprint density at radius 1 is 1.53 bits per heavy atom. The number of carboxylic acids is 1. The molecule has 1 aromatic rings. The first-order chi connectivity index (χ1) is 8.20. The third-order valence-electron chi connectivity index (χ3n) is 3.18. The second-order valence-corrected chi connectivity index (χ2v) is 4.32. The SMILES string of the molecule is O=C(O)c1coc(NC2CCCCC2CO)n1. The molecule has 2 unspecified atom stereocenters. The maximum atomic E-state index is 10.6. The molecule has 17 heavy (non-hydrogen) atoms. The average Bonchev–Trinajstić information content (AvgIpc) is 2.78. The van der Waals surface area contributed by atoms with Crippen LogP contribution in [0.25, 0.3) is 0 Å². The number of aromatic nitrogens is 1. The maximum Gasteiger partial charge on any atom is 0.357 e. The molecule has 2 rings (SSSR count). The number of hydrogen-bond acceptors (Lipinski definition) is 5. The molecule has 6 nitrogen and oxygen atoms in total. The molecule has 1 aliphatic rings. The number of carbonyl (C=O) groups is 1. The Morgan fingerprint density at radius 2 is 2.29 bits per heavy atom. The van der Waals surface area contributed by atoms with Crippen molar-refractivity contribution in [2.24, 2.45) is 5.92 Å². The van der Waals surface area contributed by atoms with Gasteiger partial charge < -0.3 is 19.9 Å². The van der Waals surface area contributed by atoms with Crippen molar-refractivity contribution in [1.82, 2.24) is 4.98 Å². The minimum absolute atomic E-state index is 0.106. The number of oxazole rings is 1. The highest BCUT2D eigenvalue weighted by Gasteiger charge is 2.25. The van der Waals surface area contributed by atoms with Crippen molar-refractivity contribution in [3.8, 4) is 0 Å². The van der Waals surface area contributed by atoms with E-state index >= 15 is 0 Å². The quantitative estimate of drug-likeness (QED) is 0.735. The summed E-state index contributed by atoms with van der Waals surface area (Å²) in [7, 11) is 0. The molecule has 0 aliphatic heterocycles. The molecule has 1 aromatic heterocycles. The predicted octanol–water partition coefficient (Wildman–Crippen LogP) is 1.34. The molecule has 0 spiro atoms. The molecule has 1 fully saturated rings. The highest BCUT2D eigenvalue weighted by molar-refractivity contribution is 5.85. The lowest BCUT2D eigenvalue weighted by molar-refractivity contribution is 0.0690. The van der Waals surface area contributed by atoms with Crippen molar-refractivity contribution >= 4 is 12.0 Å². The van der Waals surface area contributed by atoms with Crippen LogP contribution < -0.4 is 5.32 Å². The standard InChI is InChI=1S/C11H16N2O4/c14-5-7-3-1-2-4-8(7)12-11-13-9(6-17-11)10(15)16/h6-8,14H,1-5H2,(H,12,13)(H,15,16). The fourth-order valence-electron chi connectivity index (χ4n) is 2.21. The molecule has 1 aliphatic carbocycles. The normalized spacial score (nSPS) is 24.5. The molecule has 0 saturated heterocycles. The summed E-state index contributed by atoms with van der Waals surface area (Å²) in [5, 5.41) is 21.0. The fourth-order valence-corrected chi connectivity index (χ4v) is 2.21.